The normalized spacial score (nSPS) is 15.4. The molecule has 0 saturated carbocycles. The quantitative estimate of drug-likeness (QED) is 0.752. The standard InChI is InChI=1S/C8H9NO2S2/c9-6-5(7(10)11)4-2-1-3-12-8(4)13-6/h1-3,9H2,(H,10,11). The van der Waals surface area contributed by atoms with Crippen LogP contribution in [0.1, 0.15) is 22.3 Å². The van der Waals surface area contributed by atoms with Crippen molar-refractivity contribution in [2.75, 3.05) is 11.5 Å². The number of hydrogen-bond donors (Lipinski definition) is 2. The molecule has 13 heavy (non-hydrogen) atoms. The van der Waals surface area contributed by atoms with E-state index in [-0.39, 0.29) is 0 Å². The topological polar surface area (TPSA) is 63.3 Å². The molecular formula is C8H9NO2S2. The van der Waals surface area contributed by atoms with Crippen molar-refractivity contribution in [3.8, 4) is 0 Å². The lowest BCUT2D eigenvalue weighted by Crippen LogP contribution is -2.05. The summed E-state index contributed by atoms with van der Waals surface area (Å²) in [6.45, 7) is 0. The van der Waals surface area contributed by atoms with Gasteiger partial charge in [-0.3, -0.25) is 0 Å². The molecule has 0 spiro atoms. The number of fused-ring (bicyclic) bond motifs is 1. The van der Waals surface area contributed by atoms with Crippen LogP contribution in [0.4, 0.5) is 5.00 Å². The fraction of sp³-hybridized carbons (Fsp3) is 0.375. The number of rotatable bonds is 1. The SMILES string of the molecule is Nc1sc2c(c1C(=O)O)CCCS2. The summed E-state index contributed by atoms with van der Waals surface area (Å²) in [6, 6.07) is 0. The molecule has 0 aromatic carbocycles. The number of nitrogens with two attached hydrogens (primary N) is 1. The Bertz CT molecular complexity index is 359. The summed E-state index contributed by atoms with van der Waals surface area (Å²) in [6.07, 6.45) is 1.91. The van der Waals surface area contributed by atoms with Gasteiger partial charge in [-0.05, 0) is 24.2 Å². The number of nitrogen functional groups attached to an aromatic ring is 1. The molecule has 0 radical (unpaired) electrons. The Labute approximate surface area is 83.9 Å². The molecule has 0 aliphatic carbocycles. The summed E-state index contributed by atoms with van der Waals surface area (Å²) < 4.78 is 1.10. The van der Waals surface area contributed by atoms with Gasteiger partial charge in [-0.1, -0.05) is 0 Å². The molecule has 1 aliphatic heterocycles. The molecule has 5 heteroatoms. The predicted octanol–water partition coefficient (Wildman–Crippen LogP) is 2.07. The van der Waals surface area contributed by atoms with Crippen molar-refractivity contribution in [3.05, 3.63) is 11.1 Å². The number of carboxylic acids is 1. The van der Waals surface area contributed by atoms with Crippen LogP contribution >= 0.6 is 23.1 Å². The van der Waals surface area contributed by atoms with Gasteiger partial charge >= 0.3 is 5.97 Å². The Kier molecular flexibility index (Phi) is 2.21. The van der Waals surface area contributed by atoms with E-state index in [1.54, 1.807) is 11.8 Å². The zero-order chi connectivity index (χ0) is 9.42. The van der Waals surface area contributed by atoms with Gasteiger partial charge in [0.05, 0.1) is 9.77 Å². The molecule has 0 amide bonds. The van der Waals surface area contributed by atoms with Crippen LogP contribution in [0.25, 0.3) is 0 Å². The number of hydrogen-bond acceptors (Lipinski definition) is 4. The van der Waals surface area contributed by atoms with Crippen LogP contribution in [0.3, 0.4) is 0 Å². The fourth-order valence-electron chi connectivity index (χ4n) is 1.46. The van der Waals surface area contributed by atoms with E-state index < -0.39 is 5.97 Å². The third-order valence-corrected chi connectivity index (χ3v) is 4.48. The van der Waals surface area contributed by atoms with Gasteiger partial charge in [-0.2, -0.15) is 0 Å². The molecule has 3 nitrogen and oxygen atoms in total. The molecule has 1 aromatic heterocycles. The minimum Gasteiger partial charge on any atom is -0.478 e. The Morgan fingerprint density at radius 3 is 3.00 bits per heavy atom. The molecule has 2 heterocycles. The second kappa shape index (κ2) is 3.23. The van der Waals surface area contributed by atoms with Gasteiger partial charge in [0.2, 0.25) is 0 Å². The van der Waals surface area contributed by atoms with Gasteiger partial charge in [0, 0.05) is 0 Å². The van der Waals surface area contributed by atoms with E-state index in [1.807, 2.05) is 0 Å². The maximum Gasteiger partial charge on any atom is 0.339 e. The summed E-state index contributed by atoms with van der Waals surface area (Å²) >= 11 is 3.12. The first-order chi connectivity index (χ1) is 6.20. The van der Waals surface area contributed by atoms with E-state index in [4.69, 9.17) is 10.8 Å². The highest BCUT2D eigenvalue weighted by molar-refractivity contribution is 8.01. The number of aromatic carboxylic acids is 1. The second-order valence-electron chi connectivity index (χ2n) is 2.86. The maximum atomic E-state index is 10.9. The van der Waals surface area contributed by atoms with Gasteiger partial charge in [0.1, 0.15) is 5.00 Å². The van der Waals surface area contributed by atoms with E-state index in [1.165, 1.54) is 11.3 Å². The molecule has 2 rings (SSSR count). The van der Waals surface area contributed by atoms with Crippen LogP contribution in [0, 0.1) is 0 Å². The number of thiophene rings is 1. The average molecular weight is 215 g/mol. The summed E-state index contributed by atoms with van der Waals surface area (Å²) in [5, 5.41) is 9.38. The minimum atomic E-state index is -0.891. The molecule has 1 aromatic rings. The van der Waals surface area contributed by atoms with Crippen molar-refractivity contribution in [1.82, 2.24) is 0 Å². The molecular weight excluding hydrogens is 206 g/mol. The van der Waals surface area contributed by atoms with E-state index in [0.29, 0.717) is 10.6 Å². The second-order valence-corrected chi connectivity index (χ2v) is 5.28. The van der Waals surface area contributed by atoms with Gasteiger partial charge in [-0.15, -0.1) is 23.1 Å². The van der Waals surface area contributed by atoms with Gasteiger partial charge < -0.3 is 10.8 Å². The lowest BCUT2D eigenvalue weighted by Gasteiger charge is -2.09. The van der Waals surface area contributed by atoms with Crippen molar-refractivity contribution in [2.45, 2.75) is 17.1 Å². The molecule has 0 fully saturated rings. The molecule has 0 saturated heterocycles. The highest BCUT2D eigenvalue weighted by Crippen LogP contribution is 2.41. The van der Waals surface area contributed by atoms with Crippen LogP contribution < -0.4 is 5.73 Å². The average Bonchev–Trinajstić information content (AvgIpc) is 2.39. The van der Waals surface area contributed by atoms with E-state index in [2.05, 4.69) is 0 Å². The first kappa shape index (κ1) is 8.90. The lowest BCUT2D eigenvalue weighted by atomic mass is 10.1. The molecule has 70 valence electrons. The van der Waals surface area contributed by atoms with Crippen LogP contribution in [0.15, 0.2) is 4.21 Å². The third kappa shape index (κ3) is 1.42. The third-order valence-electron chi connectivity index (χ3n) is 2.02. The van der Waals surface area contributed by atoms with Crippen molar-refractivity contribution in [3.63, 3.8) is 0 Å². The largest absolute Gasteiger partial charge is 0.478 e. The highest BCUT2D eigenvalue weighted by Gasteiger charge is 2.23. The molecule has 0 bridgehead atoms. The highest BCUT2D eigenvalue weighted by atomic mass is 32.2. The van der Waals surface area contributed by atoms with Gasteiger partial charge in [0.15, 0.2) is 0 Å². The smallest absolute Gasteiger partial charge is 0.339 e. The minimum absolute atomic E-state index is 0.340. The number of carboxylic acid groups (broad SMARTS) is 1. The summed E-state index contributed by atoms with van der Waals surface area (Å²) in [7, 11) is 0. The summed E-state index contributed by atoms with van der Waals surface area (Å²) in [5.74, 6) is 0.184. The Morgan fingerprint density at radius 2 is 2.31 bits per heavy atom. The van der Waals surface area contributed by atoms with Crippen molar-refractivity contribution in [2.24, 2.45) is 0 Å². The van der Waals surface area contributed by atoms with Crippen LogP contribution in [0.2, 0.25) is 0 Å². The first-order valence-corrected chi connectivity index (χ1v) is 5.77. The van der Waals surface area contributed by atoms with Crippen LogP contribution in [0.5, 0.6) is 0 Å². The number of anilines is 1. The zero-order valence-electron chi connectivity index (χ0n) is 6.87. The fourth-order valence-corrected chi connectivity index (χ4v) is 3.90. The summed E-state index contributed by atoms with van der Waals surface area (Å²) in [5.41, 5.74) is 6.94. The molecule has 1 aliphatic rings. The van der Waals surface area contributed by atoms with Gasteiger partial charge in [0.25, 0.3) is 0 Å². The van der Waals surface area contributed by atoms with Gasteiger partial charge in [-0.25, -0.2) is 4.79 Å². The van der Waals surface area contributed by atoms with E-state index >= 15 is 0 Å². The Balaban J connectivity index is 2.54. The van der Waals surface area contributed by atoms with Crippen LogP contribution in [-0.4, -0.2) is 16.8 Å². The van der Waals surface area contributed by atoms with E-state index in [9.17, 15) is 4.79 Å². The zero-order valence-corrected chi connectivity index (χ0v) is 8.50. The lowest BCUT2D eigenvalue weighted by molar-refractivity contribution is 0.0697. The Hall–Kier alpha value is -0.680. The predicted molar refractivity (Wildman–Crippen MR) is 54.7 cm³/mol. The number of carbonyl (C=O) groups is 1. The van der Waals surface area contributed by atoms with E-state index in [0.717, 1.165) is 28.4 Å². The maximum absolute atomic E-state index is 10.9. The molecule has 3 N–H and O–H groups in total. The first-order valence-electron chi connectivity index (χ1n) is 3.97. The van der Waals surface area contributed by atoms with Crippen molar-refractivity contribution >= 4 is 34.1 Å². The Morgan fingerprint density at radius 1 is 1.54 bits per heavy atom. The summed E-state index contributed by atoms with van der Waals surface area (Å²) in [4.78, 5) is 10.9. The monoisotopic (exact) mass is 215 g/mol. The molecule has 0 unspecified atom stereocenters. The van der Waals surface area contributed by atoms with Crippen molar-refractivity contribution < 1.29 is 9.90 Å². The van der Waals surface area contributed by atoms with Crippen LogP contribution in [-0.2, 0) is 6.42 Å². The number of thioether (sulfide) groups is 1. The van der Waals surface area contributed by atoms with Crippen molar-refractivity contribution in [1.29, 1.82) is 0 Å². The molecule has 0 atom stereocenters.